The van der Waals surface area contributed by atoms with Gasteiger partial charge in [0.05, 0.1) is 3.98 Å². The van der Waals surface area contributed by atoms with E-state index >= 15 is 0 Å². The van der Waals surface area contributed by atoms with E-state index in [0.717, 1.165) is 56.9 Å². The Morgan fingerprint density at radius 1 is 0.313 bits per heavy atom. The maximum Gasteiger partial charge on any atom is 0.853 e. The van der Waals surface area contributed by atoms with Crippen molar-refractivity contribution in [3.8, 4) is 0 Å². The highest BCUT2D eigenvalue weighted by Gasteiger charge is 2.25. The Balaban J connectivity index is 2.06. The van der Waals surface area contributed by atoms with E-state index in [1.807, 2.05) is 12.1 Å². The van der Waals surface area contributed by atoms with Crippen LogP contribution in [0.25, 0.3) is 21.9 Å². The fourth-order valence-electron chi connectivity index (χ4n) is 10.6. The summed E-state index contributed by atoms with van der Waals surface area (Å²) in [5.74, 6) is 0. The monoisotopic (exact) mass is 967 g/mol. The van der Waals surface area contributed by atoms with Crippen LogP contribution < -0.4 is 0 Å². The molecule has 0 amide bonds. The van der Waals surface area contributed by atoms with Gasteiger partial charge in [0.15, 0.2) is 11.2 Å². The molecule has 4 aromatic heterocycles. The zero-order chi connectivity index (χ0) is 47.8. The van der Waals surface area contributed by atoms with E-state index in [1.54, 1.807) is 0 Å². The second-order valence-electron chi connectivity index (χ2n) is 20.6. The lowest BCUT2D eigenvalue weighted by Crippen LogP contribution is -2.07. The van der Waals surface area contributed by atoms with Gasteiger partial charge in [0.1, 0.15) is 0 Å². The van der Waals surface area contributed by atoms with Crippen molar-refractivity contribution in [2.45, 2.75) is 310 Å². The summed E-state index contributed by atoms with van der Waals surface area (Å²) >= 11 is 0. The van der Waals surface area contributed by atoms with Crippen LogP contribution in [-0.4, -0.2) is 0 Å². The van der Waals surface area contributed by atoms with Crippen LogP contribution in [0.3, 0.4) is 0 Å². The lowest BCUT2D eigenvalue weighted by Gasteiger charge is -2.21. The Hall–Kier alpha value is -1.96. The Morgan fingerprint density at radius 2 is 0.567 bits per heavy atom. The summed E-state index contributed by atoms with van der Waals surface area (Å²) in [4.78, 5) is 0. The smallest absolute Gasteiger partial charge is 0.220 e. The number of hydrogen-bond acceptors (Lipinski definition) is 5. The average Bonchev–Trinajstić information content (AvgIpc) is 3.34. The van der Waals surface area contributed by atoms with Gasteiger partial charge >= 0.3 is 15.8 Å². The molecule has 0 aliphatic carbocycles. The van der Waals surface area contributed by atoms with E-state index < -0.39 is 15.8 Å². The van der Waals surface area contributed by atoms with Crippen molar-refractivity contribution in [3.05, 3.63) is 46.5 Å². The van der Waals surface area contributed by atoms with E-state index in [2.05, 4.69) is 39.8 Å². The highest BCUT2D eigenvalue weighted by molar-refractivity contribution is 7.32. The summed E-state index contributed by atoms with van der Waals surface area (Å²) in [6.45, 7) is 9.18. The van der Waals surface area contributed by atoms with Crippen molar-refractivity contribution < 1.29 is 21.5 Å². The fourth-order valence-corrected chi connectivity index (χ4v) is 11.9. The van der Waals surface area contributed by atoms with Crippen molar-refractivity contribution in [1.82, 2.24) is 0 Å². The molecule has 0 spiro atoms. The minimum absolute atomic E-state index is 0.465. The standard InChI is InChI=1S/C60H104O5P2/c1-5-9-13-17-21-25-29-33-37-41-45-55-57(47-43-39-35-31-27-23-19-15-11-7-3)60-58(48-44-40-36-32-28-24-20-16-12-8-4)56(46-42-38-34-30-26-22-18-14-10-6-2)59(55)53-49-51-54(52-50-53)63-66(61)65-67(62)64-60/h49-52H,5-48H2,1-4H3/q+2. The zero-order valence-electron chi connectivity index (χ0n) is 44.4. The summed E-state index contributed by atoms with van der Waals surface area (Å²) < 4.78 is 45.0. The van der Waals surface area contributed by atoms with E-state index in [9.17, 15) is 9.13 Å². The molecule has 0 aliphatic heterocycles. The number of benzene rings is 2. The first-order valence-electron chi connectivity index (χ1n) is 29.3. The lowest BCUT2D eigenvalue weighted by atomic mass is 9.83. The molecule has 0 N–H and O–H groups in total. The minimum Gasteiger partial charge on any atom is -0.220 e. The van der Waals surface area contributed by atoms with Gasteiger partial charge in [0.2, 0.25) is 0 Å². The third-order valence-electron chi connectivity index (χ3n) is 14.6. The third kappa shape index (κ3) is 26.7. The molecule has 2 atom stereocenters. The molecule has 2 aromatic carbocycles. The summed E-state index contributed by atoms with van der Waals surface area (Å²) in [6.07, 6.45) is 55.8. The van der Waals surface area contributed by atoms with Gasteiger partial charge in [-0.3, -0.25) is 0 Å². The van der Waals surface area contributed by atoms with Gasteiger partial charge in [-0.25, -0.2) is 8.39 Å². The van der Waals surface area contributed by atoms with Gasteiger partial charge < -0.3 is 0 Å². The molecule has 0 saturated heterocycles. The van der Waals surface area contributed by atoms with Crippen LogP contribution in [0.15, 0.2) is 36.6 Å². The first-order chi connectivity index (χ1) is 33.0. The molecule has 0 aliphatic rings. The van der Waals surface area contributed by atoms with Gasteiger partial charge in [0.25, 0.3) is 0 Å². The van der Waals surface area contributed by atoms with Crippen molar-refractivity contribution in [2.75, 3.05) is 0 Å². The summed E-state index contributed by atoms with van der Waals surface area (Å²) in [5, 5.41) is 2.62. The molecule has 2 unspecified atom stereocenters. The quantitative estimate of drug-likeness (QED) is 0.0528. The summed E-state index contributed by atoms with van der Waals surface area (Å²) in [6, 6.07) is 8.24. The van der Waals surface area contributed by atoms with E-state index in [-0.39, 0.29) is 0 Å². The Labute approximate surface area is 414 Å². The normalized spacial score (nSPS) is 12.2. The average molecular weight is 967 g/mol. The highest BCUT2D eigenvalue weighted by Crippen LogP contribution is 2.39. The van der Waals surface area contributed by atoms with E-state index in [1.165, 1.54) is 264 Å². The Bertz CT molecular complexity index is 1740. The molecule has 4 heterocycles. The van der Waals surface area contributed by atoms with Crippen molar-refractivity contribution >= 4 is 37.7 Å². The Morgan fingerprint density at radius 3 is 0.866 bits per heavy atom. The van der Waals surface area contributed by atoms with Crippen LogP contribution >= 0.6 is 15.8 Å². The molecule has 6 rings (SSSR count). The zero-order valence-corrected chi connectivity index (χ0v) is 46.1. The predicted octanol–water partition coefficient (Wildman–Crippen LogP) is 23.2. The van der Waals surface area contributed by atoms with Gasteiger partial charge in [-0.15, -0.1) is 0 Å². The van der Waals surface area contributed by atoms with Gasteiger partial charge in [0, 0.05) is 20.3 Å². The topological polar surface area (TPSA) is 73.6 Å². The second-order valence-corrected chi connectivity index (χ2v) is 22.5. The van der Waals surface area contributed by atoms with Gasteiger partial charge in [-0.1, -0.05) is 271 Å². The van der Waals surface area contributed by atoms with Gasteiger partial charge in [-0.2, -0.15) is 0 Å². The summed E-state index contributed by atoms with van der Waals surface area (Å²) in [7, 11) is -5.39. The van der Waals surface area contributed by atoms with Crippen LogP contribution in [0.5, 0.6) is 0 Å². The van der Waals surface area contributed by atoms with E-state index in [0.29, 0.717) is 5.58 Å². The molecular weight excluding hydrogens is 863 g/mol. The molecule has 0 radical (unpaired) electrons. The van der Waals surface area contributed by atoms with Crippen LogP contribution in [0.4, 0.5) is 0 Å². The molecule has 4 bridgehead atoms. The van der Waals surface area contributed by atoms with Crippen molar-refractivity contribution in [3.63, 3.8) is 0 Å². The largest absolute Gasteiger partial charge is 0.853 e. The molecule has 6 aromatic rings. The van der Waals surface area contributed by atoms with Crippen LogP contribution in [0.2, 0.25) is 0 Å². The first kappa shape index (κ1) is 59.3. The molecule has 7 heteroatoms. The second kappa shape index (κ2) is 40.7. The first-order valence-corrected chi connectivity index (χ1v) is 31.5. The number of hydrogen-bond donors (Lipinski definition) is 0. The molecule has 67 heavy (non-hydrogen) atoms. The SMILES string of the molecule is CCCCCCCCCCCCc1c(CCCCCCCCCCCC)c2c(CCCCCCCCCCCC)c(CCCCCCCCCCCC)c1o[p+](=O)o[p+](=O)oc1ccc2cc1. The van der Waals surface area contributed by atoms with Crippen LogP contribution in [0.1, 0.15) is 307 Å². The highest BCUT2D eigenvalue weighted by atomic mass is 31.1. The molecule has 5 nitrogen and oxygen atoms in total. The van der Waals surface area contributed by atoms with Crippen molar-refractivity contribution in [2.24, 2.45) is 0 Å². The van der Waals surface area contributed by atoms with Crippen LogP contribution in [0, 0.1) is 0 Å². The number of unbranched alkanes of at least 4 members (excludes halogenated alkanes) is 36. The Kier molecular flexibility index (Phi) is 36.1. The molecule has 382 valence electrons. The predicted molar refractivity (Wildman–Crippen MR) is 293 cm³/mol. The maximum absolute atomic E-state index is 14.0. The van der Waals surface area contributed by atoms with Gasteiger partial charge in [-0.05, 0) is 85.4 Å². The van der Waals surface area contributed by atoms with Crippen LogP contribution in [-0.2, 0) is 34.8 Å². The summed E-state index contributed by atoms with van der Waals surface area (Å²) in [5.41, 5.74) is 6.54. The maximum atomic E-state index is 14.0. The minimum atomic E-state index is -2.72. The van der Waals surface area contributed by atoms with Crippen molar-refractivity contribution in [1.29, 1.82) is 0 Å². The number of aryl methyl sites for hydroxylation is 4. The number of rotatable bonds is 44. The lowest BCUT2D eigenvalue weighted by molar-refractivity contribution is 0.488. The fraction of sp³-hybridized carbons (Fsp3) is 0.800. The molecular formula is C60H104O5P2+2. The third-order valence-corrected chi connectivity index (χ3v) is 16.4. The van der Waals surface area contributed by atoms with E-state index in [4.69, 9.17) is 12.4 Å². The molecule has 0 fully saturated rings. The molecule has 0 saturated carbocycles.